The largest absolute Gasteiger partial charge is 0.361 e. The first-order valence-electron chi connectivity index (χ1n) is 8.03. The van der Waals surface area contributed by atoms with Crippen LogP contribution in [0, 0.1) is 6.92 Å². The van der Waals surface area contributed by atoms with E-state index in [-0.39, 0.29) is 11.3 Å². The van der Waals surface area contributed by atoms with E-state index in [0.717, 1.165) is 31.6 Å². The summed E-state index contributed by atoms with van der Waals surface area (Å²) in [6.45, 7) is 9.49. The molecule has 3 rings (SSSR count). The number of hydrogen-bond donors (Lipinski definition) is 0. The molecule has 5 nitrogen and oxygen atoms in total. The molecule has 23 heavy (non-hydrogen) atoms. The molecular formula is C17H23N3O2S. The van der Waals surface area contributed by atoms with E-state index in [2.05, 4.69) is 30.9 Å². The van der Waals surface area contributed by atoms with Crippen molar-refractivity contribution in [2.45, 2.75) is 51.9 Å². The Morgan fingerprint density at radius 3 is 2.61 bits per heavy atom. The summed E-state index contributed by atoms with van der Waals surface area (Å²) in [7, 11) is 0. The van der Waals surface area contributed by atoms with Gasteiger partial charge in [0.25, 0.3) is 5.91 Å². The molecule has 6 heteroatoms. The molecule has 2 aromatic rings. The molecule has 0 atom stereocenters. The molecule has 0 unspecified atom stereocenters. The highest BCUT2D eigenvalue weighted by Gasteiger charge is 2.33. The highest BCUT2D eigenvalue weighted by atomic mass is 32.1. The van der Waals surface area contributed by atoms with E-state index < -0.39 is 0 Å². The van der Waals surface area contributed by atoms with Crippen molar-refractivity contribution in [2.24, 2.45) is 0 Å². The lowest BCUT2D eigenvalue weighted by Gasteiger charge is -2.31. The van der Waals surface area contributed by atoms with E-state index in [1.807, 2.05) is 23.4 Å². The van der Waals surface area contributed by atoms with Crippen LogP contribution in [-0.4, -0.2) is 34.0 Å². The molecule has 0 saturated carbocycles. The van der Waals surface area contributed by atoms with Crippen LogP contribution in [0.15, 0.2) is 16.1 Å². The molecule has 1 aliphatic heterocycles. The number of rotatable bonds is 2. The minimum absolute atomic E-state index is 0.0475. The molecule has 0 spiro atoms. The third-order valence-corrected chi connectivity index (χ3v) is 5.31. The number of nitrogens with zero attached hydrogens (tertiary/aromatic N) is 3. The van der Waals surface area contributed by atoms with Crippen molar-refractivity contribution >= 4 is 17.2 Å². The van der Waals surface area contributed by atoms with Gasteiger partial charge in [0.05, 0.1) is 5.01 Å². The van der Waals surface area contributed by atoms with Crippen molar-refractivity contribution in [1.82, 2.24) is 15.0 Å². The second-order valence-electron chi connectivity index (χ2n) is 7.15. The summed E-state index contributed by atoms with van der Waals surface area (Å²) in [5, 5.41) is 7.33. The molecular weight excluding hydrogens is 310 g/mol. The topological polar surface area (TPSA) is 59.2 Å². The van der Waals surface area contributed by atoms with Crippen LogP contribution in [0.5, 0.6) is 0 Å². The second-order valence-corrected chi connectivity index (χ2v) is 8.08. The highest BCUT2D eigenvalue weighted by molar-refractivity contribution is 7.09. The van der Waals surface area contributed by atoms with Crippen LogP contribution in [-0.2, 0) is 5.41 Å². The minimum Gasteiger partial charge on any atom is -0.361 e. The predicted molar refractivity (Wildman–Crippen MR) is 89.9 cm³/mol. The zero-order valence-electron chi connectivity index (χ0n) is 14.1. The minimum atomic E-state index is -0.206. The van der Waals surface area contributed by atoms with Gasteiger partial charge in [0.2, 0.25) is 0 Å². The molecule has 0 aliphatic carbocycles. The molecule has 0 radical (unpaired) electrons. The van der Waals surface area contributed by atoms with Gasteiger partial charge in [-0.05, 0) is 19.8 Å². The van der Waals surface area contributed by atoms with E-state index in [1.54, 1.807) is 11.3 Å². The Bertz CT molecular complexity index is 677. The molecule has 0 N–H and O–H groups in total. The number of hydrogen-bond acceptors (Lipinski definition) is 5. The number of piperidine rings is 1. The number of likely N-dealkylation sites (tertiary alicyclic amines) is 1. The van der Waals surface area contributed by atoms with Crippen molar-refractivity contribution in [3.63, 3.8) is 0 Å². The maximum Gasteiger partial charge on any atom is 0.259 e. The van der Waals surface area contributed by atoms with Gasteiger partial charge in [-0.3, -0.25) is 4.79 Å². The normalized spacial score (nSPS) is 16.8. The van der Waals surface area contributed by atoms with E-state index >= 15 is 0 Å². The summed E-state index contributed by atoms with van der Waals surface area (Å²) in [5.41, 5.74) is 1.19. The first-order chi connectivity index (χ1) is 10.9. The van der Waals surface area contributed by atoms with Gasteiger partial charge >= 0.3 is 0 Å². The van der Waals surface area contributed by atoms with E-state index in [1.165, 1.54) is 5.01 Å². The van der Waals surface area contributed by atoms with Gasteiger partial charge in [0, 0.05) is 36.0 Å². The lowest BCUT2D eigenvalue weighted by Crippen LogP contribution is -2.39. The third-order valence-electron chi connectivity index (χ3n) is 4.37. The first-order valence-corrected chi connectivity index (χ1v) is 8.91. The molecule has 2 aromatic heterocycles. The van der Waals surface area contributed by atoms with Crippen LogP contribution in [0.3, 0.4) is 0 Å². The smallest absolute Gasteiger partial charge is 0.259 e. The molecule has 1 aliphatic rings. The van der Waals surface area contributed by atoms with Crippen molar-refractivity contribution in [3.8, 4) is 0 Å². The number of amides is 1. The second kappa shape index (κ2) is 6.07. The maximum atomic E-state index is 13.0. The summed E-state index contributed by atoms with van der Waals surface area (Å²) < 4.78 is 5.31. The molecule has 3 heterocycles. The summed E-state index contributed by atoms with van der Waals surface area (Å²) in [6.07, 6.45) is 3.79. The molecule has 1 fully saturated rings. The van der Waals surface area contributed by atoms with Crippen molar-refractivity contribution in [1.29, 1.82) is 0 Å². The Kier molecular flexibility index (Phi) is 4.27. The Morgan fingerprint density at radius 1 is 1.35 bits per heavy atom. The van der Waals surface area contributed by atoms with E-state index in [4.69, 9.17) is 4.52 Å². The number of carbonyl (C=O) groups excluding carboxylic acids is 1. The fourth-order valence-electron chi connectivity index (χ4n) is 3.06. The molecule has 0 aromatic carbocycles. The summed E-state index contributed by atoms with van der Waals surface area (Å²) >= 11 is 1.71. The molecule has 1 saturated heterocycles. The van der Waals surface area contributed by atoms with Gasteiger partial charge in [-0.15, -0.1) is 11.3 Å². The molecule has 1 amide bonds. The Morgan fingerprint density at radius 2 is 2.04 bits per heavy atom. The van der Waals surface area contributed by atoms with Crippen molar-refractivity contribution in [3.05, 3.63) is 33.6 Å². The zero-order chi connectivity index (χ0) is 16.6. The number of carbonyl (C=O) groups is 1. The fourth-order valence-corrected chi connectivity index (χ4v) is 3.87. The summed E-state index contributed by atoms with van der Waals surface area (Å²) in [5.74, 6) is 1.14. The summed E-state index contributed by atoms with van der Waals surface area (Å²) in [4.78, 5) is 19.3. The Labute approximate surface area is 140 Å². The SMILES string of the molecule is Cc1onc(C(C)(C)C)c1C(=O)N1CCC(c2nccs2)CC1. The Balaban J connectivity index is 1.74. The molecule has 0 bridgehead atoms. The number of thiazole rings is 1. The van der Waals surface area contributed by atoms with Crippen LogP contribution < -0.4 is 0 Å². The van der Waals surface area contributed by atoms with Gasteiger partial charge in [-0.1, -0.05) is 25.9 Å². The van der Waals surface area contributed by atoms with Gasteiger partial charge in [0.1, 0.15) is 17.0 Å². The van der Waals surface area contributed by atoms with Crippen LogP contribution >= 0.6 is 11.3 Å². The maximum absolute atomic E-state index is 13.0. The Hall–Kier alpha value is -1.69. The monoisotopic (exact) mass is 333 g/mol. The van der Waals surface area contributed by atoms with Crippen LogP contribution in [0.4, 0.5) is 0 Å². The van der Waals surface area contributed by atoms with Gasteiger partial charge in [-0.25, -0.2) is 4.98 Å². The number of aryl methyl sites for hydroxylation is 1. The highest BCUT2D eigenvalue weighted by Crippen LogP contribution is 2.32. The molecule has 124 valence electrons. The first kappa shape index (κ1) is 16.2. The zero-order valence-corrected chi connectivity index (χ0v) is 14.9. The van der Waals surface area contributed by atoms with Crippen LogP contribution in [0.25, 0.3) is 0 Å². The van der Waals surface area contributed by atoms with Gasteiger partial charge in [0.15, 0.2) is 0 Å². The van der Waals surface area contributed by atoms with Gasteiger partial charge in [-0.2, -0.15) is 0 Å². The third kappa shape index (κ3) is 3.17. The van der Waals surface area contributed by atoms with Gasteiger partial charge < -0.3 is 9.42 Å². The lowest BCUT2D eigenvalue weighted by molar-refractivity contribution is 0.0709. The van der Waals surface area contributed by atoms with Crippen molar-refractivity contribution in [2.75, 3.05) is 13.1 Å². The standard InChI is InChI=1S/C17H23N3O2S/c1-11-13(14(19-22-11)17(2,3)4)16(21)20-8-5-12(6-9-20)15-18-7-10-23-15/h7,10,12H,5-6,8-9H2,1-4H3. The lowest BCUT2D eigenvalue weighted by atomic mass is 9.88. The summed E-state index contributed by atoms with van der Waals surface area (Å²) in [6, 6.07) is 0. The van der Waals surface area contributed by atoms with Crippen molar-refractivity contribution < 1.29 is 9.32 Å². The average Bonchev–Trinajstić information content (AvgIpc) is 3.15. The fraction of sp³-hybridized carbons (Fsp3) is 0.588. The number of aromatic nitrogens is 2. The average molecular weight is 333 g/mol. The van der Waals surface area contributed by atoms with Crippen LogP contribution in [0.2, 0.25) is 0 Å². The van der Waals surface area contributed by atoms with E-state index in [0.29, 0.717) is 17.2 Å². The van der Waals surface area contributed by atoms with Crippen LogP contribution in [0.1, 0.15) is 66.4 Å². The predicted octanol–water partition coefficient (Wildman–Crippen LogP) is 3.76. The quantitative estimate of drug-likeness (QED) is 0.839. The van der Waals surface area contributed by atoms with E-state index in [9.17, 15) is 4.79 Å².